The van der Waals surface area contributed by atoms with E-state index in [2.05, 4.69) is 23.8 Å². The highest BCUT2D eigenvalue weighted by Gasteiger charge is 2.48. The van der Waals surface area contributed by atoms with E-state index in [0.29, 0.717) is 10.6 Å². The van der Waals surface area contributed by atoms with E-state index in [-0.39, 0.29) is 30.0 Å². The van der Waals surface area contributed by atoms with Crippen molar-refractivity contribution in [1.82, 2.24) is 10.9 Å². The minimum absolute atomic E-state index is 0.0711. The molecular formula is C16H19ClN4O. The summed E-state index contributed by atoms with van der Waals surface area (Å²) in [7, 11) is 0. The fourth-order valence-electron chi connectivity index (χ4n) is 3.44. The molecule has 4 N–H and O–H groups in total. The number of nitrogens with one attached hydrogen (secondary N) is 2. The van der Waals surface area contributed by atoms with E-state index in [1.54, 1.807) is 0 Å². The quantitative estimate of drug-likeness (QED) is 0.797. The molecule has 2 aliphatic rings. The lowest BCUT2D eigenvalue weighted by Gasteiger charge is -2.36. The van der Waals surface area contributed by atoms with Crippen molar-refractivity contribution in [2.75, 3.05) is 0 Å². The number of hydrogen-bond acceptors (Lipinski definition) is 5. The van der Waals surface area contributed by atoms with Crippen LogP contribution in [0.1, 0.15) is 31.2 Å². The van der Waals surface area contributed by atoms with Gasteiger partial charge in [-0.2, -0.15) is 5.26 Å². The number of allylic oxidation sites excluding steroid dienone is 1. The second-order valence-corrected chi connectivity index (χ2v) is 6.10. The van der Waals surface area contributed by atoms with Gasteiger partial charge in [-0.3, -0.25) is 5.43 Å². The van der Waals surface area contributed by atoms with Crippen molar-refractivity contribution >= 4 is 11.6 Å². The largest absolute Gasteiger partial charge is 0.458 e. The lowest BCUT2D eigenvalue weighted by atomic mass is 9.75. The van der Waals surface area contributed by atoms with E-state index >= 15 is 0 Å². The smallest absolute Gasteiger partial charge is 0.200 e. The van der Waals surface area contributed by atoms with Gasteiger partial charge in [0.1, 0.15) is 6.07 Å². The van der Waals surface area contributed by atoms with Crippen LogP contribution in [-0.4, -0.2) is 12.3 Å². The summed E-state index contributed by atoms with van der Waals surface area (Å²) in [5.74, 6) is 0.0819. The maximum atomic E-state index is 9.57. The van der Waals surface area contributed by atoms with Gasteiger partial charge in [0.15, 0.2) is 6.23 Å². The van der Waals surface area contributed by atoms with Crippen molar-refractivity contribution in [3.8, 4) is 6.07 Å². The van der Waals surface area contributed by atoms with Gasteiger partial charge in [-0.1, -0.05) is 43.1 Å². The Morgan fingerprint density at radius 1 is 1.36 bits per heavy atom. The maximum Gasteiger partial charge on any atom is 0.200 e. The molecule has 1 saturated heterocycles. The Bertz CT molecular complexity index is 639. The molecule has 1 aromatic carbocycles. The topological polar surface area (TPSA) is 83.1 Å². The summed E-state index contributed by atoms with van der Waals surface area (Å²) in [5, 5.41) is 10.2. The van der Waals surface area contributed by atoms with Gasteiger partial charge in [-0.05, 0) is 18.1 Å². The Morgan fingerprint density at radius 3 is 2.82 bits per heavy atom. The number of nitrogens with two attached hydrogens (primary N) is 1. The number of ether oxygens (including phenoxy) is 1. The molecule has 4 atom stereocenters. The van der Waals surface area contributed by atoms with Crippen LogP contribution in [0.5, 0.6) is 0 Å². The van der Waals surface area contributed by atoms with Gasteiger partial charge < -0.3 is 10.5 Å². The van der Waals surface area contributed by atoms with E-state index < -0.39 is 0 Å². The summed E-state index contributed by atoms with van der Waals surface area (Å²) in [6.45, 7) is 2.14. The summed E-state index contributed by atoms with van der Waals surface area (Å²) in [6.07, 6.45) is 1.77. The van der Waals surface area contributed by atoms with E-state index in [9.17, 15) is 5.26 Å². The van der Waals surface area contributed by atoms with Gasteiger partial charge >= 0.3 is 0 Å². The maximum absolute atomic E-state index is 9.57. The molecule has 0 spiro atoms. The molecule has 22 heavy (non-hydrogen) atoms. The van der Waals surface area contributed by atoms with E-state index in [4.69, 9.17) is 22.1 Å². The minimum Gasteiger partial charge on any atom is -0.458 e. The number of hydrazine groups is 1. The van der Waals surface area contributed by atoms with Gasteiger partial charge in [-0.25, -0.2) is 5.43 Å². The van der Waals surface area contributed by atoms with Crippen LogP contribution in [0.2, 0.25) is 5.02 Å². The van der Waals surface area contributed by atoms with Crippen LogP contribution < -0.4 is 16.6 Å². The van der Waals surface area contributed by atoms with Crippen LogP contribution >= 0.6 is 11.6 Å². The Balaban J connectivity index is 2.10. The first kappa shape index (κ1) is 15.2. The molecule has 0 radical (unpaired) electrons. The Hall–Kier alpha value is -1.74. The molecule has 4 unspecified atom stereocenters. The van der Waals surface area contributed by atoms with Crippen LogP contribution in [0.3, 0.4) is 0 Å². The third-order valence-corrected chi connectivity index (χ3v) is 4.75. The number of halogens is 1. The molecule has 116 valence electrons. The second-order valence-electron chi connectivity index (χ2n) is 5.69. The highest BCUT2D eigenvalue weighted by molar-refractivity contribution is 6.31. The van der Waals surface area contributed by atoms with Crippen molar-refractivity contribution in [3.63, 3.8) is 0 Å². The van der Waals surface area contributed by atoms with Crippen molar-refractivity contribution in [3.05, 3.63) is 46.3 Å². The molecule has 2 aliphatic heterocycles. The van der Waals surface area contributed by atoms with Gasteiger partial charge in [0.25, 0.3) is 0 Å². The molecule has 6 heteroatoms. The van der Waals surface area contributed by atoms with Crippen LogP contribution in [-0.2, 0) is 4.74 Å². The number of nitrogens with zero attached hydrogens (tertiary/aromatic N) is 1. The van der Waals surface area contributed by atoms with Gasteiger partial charge in [0.05, 0.1) is 5.57 Å². The number of rotatable bonds is 3. The summed E-state index contributed by atoms with van der Waals surface area (Å²) in [5.41, 5.74) is 13.8. The molecule has 1 fully saturated rings. The summed E-state index contributed by atoms with van der Waals surface area (Å²) < 4.78 is 5.70. The highest BCUT2D eigenvalue weighted by Crippen LogP contribution is 2.45. The summed E-state index contributed by atoms with van der Waals surface area (Å²) >= 11 is 6.39. The molecule has 3 rings (SSSR count). The molecule has 2 heterocycles. The van der Waals surface area contributed by atoms with E-state index in [1.807, 2.05) is 24.3 Å². The normalized spacial score (nSPS) is 30.6. The Labute approximate surface area is 135 Å². The zero-order chi connectivity index (χ0) is 15.7. The number of hydrogen-bond donors (Lipinski definition) is 3. The molecule has 0 saturated carbocycles. The molecular weight excluding hydrogens is 300 g/mol. The zero-order valence-corrected chi connectivity index (χ0v) is 13.1. The van der Waals surface area contributed by atoms with Crippen molar-refractivity contribution in [1.29, 1.82) is 5.26 Å². The average molecular weight is 319 g/mol. The SMILES string of the molecule is CCCC1NNC2OC(N)=C(C#N)C(c3ccccc3Cl)C12. The molecule has 0 bridgehead atoms. The first-order valence-corrected chi connectivity index (χ1v) is 7.87. The standard InChI is InChI=1S/C16H19ClN4O/c1-2-5-12-14-13(9-6-3-4-7-11(9)17)10(8-18)15(19)22-16(14)21-20-12/h3-4,6-7,12-14,16,20-21H,2,5,19H2,1H3. The molecule has 0 aromatic heterocycles. The number of nitriles is 1. The molecule has 0 aliphatic carbocycles. The fraction of sp³-hybridized carbons (Fsp3) is 0.438. The predicted molar refractivity (Wildman–Crippen MR) is 84.3 cm³/mol. The zero-order valence-electron chi connectivity index (χ0n) is 12.3. The summed E-state index contributed by atoms with van der Waals surface area (Å²) in [4.78, 5) is 0. The van der Waals surface area contributed by atoms with Crippen LogP contribution in [0.15, 0.2) is 35.7 Å². The third-order valence-electron chi connectivity index (χ3n) is 4.40. The van der Waals surface area contributed by atoms with Crippen LogP contribution in [0, 0.1) is 17.2 Å². The average Bonchev–Trinajstić information content (AvgIpc) is 2.89. The van der Waals surface area contributed by atoms with Gasteiger partial charge in [0, 0.05) is 22.9 Å². The van der Waals surface area contributed by atoms with Crippen LogP contribution in [0.4, 0.5) is 0 Å². The number of benzene rings is 1. The van der Waals surface area contributed by atoms with E-state index in [0.717, 1.165) is 18.4 Å². The first-order valence-electron chi connectivity index (χ1n) is 7.49. The predicted octanol–water partition coefficient (Wildman–Crippen LogP) is 2.37. The van der Waals surface area contributed by atoms with E-state index in [1.165, 1.54) is 0 Å². The lowest BCUT2D eigenvalue weighted by Crippen LogP contribution is -2.41. The lowest BCUT2D eigenvalue weighted by molar-refractivity contribution is 0.0337. The van der Waals surface area contributed by atoms with Gasteiger partial charge in [-0.15, -0.1) is 0 Å². The molecule has 0 amide bonds. The van der Waals surface area contributed by atoms with Crippen molar-refractivity contribution < 1.29 is 4.74 Å². The Morgan fingerprint density at radius 2 is 2.14 bits per heavy atom. The molecule has 5 nitrogen and oxygen atoms in total. The molecule has 1 aromatic rings. The second kappa shape index (κ2) is 6.17. The third kappa shape index (κ3) is 2.44. The monoisotopic (exact) mass is 318 g/mol. The van der Waals surface area contributed by atoms with Crippen molar-refractivity contribution in [2.45, 2.75) is 38.0 Å². The fourth-order valence-corrected chi connectivity index (χ4v) is 3.70. The minimum atomic E-state index is -0.255. The van der Waals surface area contributed by atoms with Crippen LogP contribution in [0.25, 0.3) is 0 Å². The highest BCUT2D eigenvalue weighted by atomic mass is 35.5. The van der Waals surface area contributed by atoms with Crippen molar-refractivity contribution in [2.24, 2.45) is 11.7 Å². The van der Waals surface area contributed by atoms with Gasteiger partial charge in [0.2, 0.25) is 5.88 Å². The number of fused-ring (bicyclic) bond motifs is 1. The Kier molecular flexibility index (Phi) is 4.25. The summed E-state index contributed by atoms with van der Waals surface area (Å²) in [6, 6.07) is 10.0. The first-order chi connectivity index (χ1) is 10.7.